The summed E-state index contributed by atoms with van der Waals surface area (Å²) in [6, 6.07) is 0. The van der Waals surface area contributed by atoms with Gasteiger partial charge in [0.05, 0.1) is 0 Å². The minimum atomic E-state index is -0.472. The number of halogens is 2. The molecule has 0 atom stereocenters. The molecule has 0 aromatic heterocycles. The number of aliphatic hydroxyl groups excluding tert-OH is 1. The molecule has 0 saturated carbocycles. The van der Waals surface area contributed by atoms with E-state index in [1.165, 1.54) is 0 Å². The van der Waals surface area contributed by atoms with Crippen LogP contribution in [-0.4, -0.2) is 11.7 Å². The second kappa shape index (κ2) is 15.7. The van der Waals surface area contributed by atoms with Gasteiger partial charge in [-0.05, 0) is 6.42 Å². The molecule has 0 rings (SSSR count). The van der Waals surface area contributed by atoms with E-state index < -0.39 is 16.5 Å². The molecule has 1 nitrogen and oxygen atoms in total. The van der Waals surface area contributed by atoms with E-state index in [1.54, 1.807) is 0 Å². The van der Waals surface area contributed by atoms with Crippen LogP contribution in [0.15, 0.2) is 0 Å². The normalized spacial score (nSPS) is 8.00. The molecule has 0 aromatic rings. The van der Waals surface area contributed by atoms with Crippen LogP contribution in [-0.2, 0) is 16.5 Å². The van der Waals surface area contributed by atoms with Gasteiger partial charge in [-0.2, -0.15) is 0 Å². The first-order valence-corrected chi connectivity index (χ1v) is 7.89. The Morgan fingerprint density at radius 1 is 1.50 bits per heavy atom. The fourth-order valence-corrected chi connectivity index (χ4v) is 0.158. The number of hydrogen-bond acceptors (Lipinski definition) is 1. The van der Waals surface area contributed by atoms with Gasteiger partial charge in [0.2, 0.25) is 0 Å². The molecule has 4 heteroatoms. The predicted octanol–water partition coefficient (Wildman–Crippen LogP) is 2.16. The molecule has 0 aromatic carbocycles. The van der Waals surface area contributed by atoms with Gasteiger partial charge in [0.25, 0.3) is 0 Å². The van der Waals surface area contributed by atoms with Crippen molar-refractivity contribution in [2.45, 2.75) is 19.8 Å². The van der Waals surface area contributed by atoms with E-state index in [2.05, 4.69) is 6.92 Å². The fourth-order valence-electron chi connectivity index (χ4n) is 0.158. The quantitative estimate of drug-likeness (QED) is 0.817. The average Bonchev–Trinajstić information content (AvgIpc) is 1.71. The van der Waals surface area contributed by atoms with Crippen molar-refractivity contribution >= 4 is 18.8 Å². The second-order valence-corrected chi connectivity index (χ2v) is 4.41. The third-order valence-corrected chi connectivity index (χ3v) is 0.512. The minimum absolute atomic E-state index is 0.344. The zero-order chi connectivity index (χ0) is 6.83. The molecular formula is C4H10Cl2OPt. The first-order valence-electron chi connectivity index (χ1n) is 2.26. The van der Waals surface area contributed by atoms with Gasteiger partial charge in [0.15, 0.2) is 0 Å². The third kappa shape index (κ3) is 26.9. The summed E-state index contributed by atoms with van der Waals surface area (Å²) in [6.07, 6.45) is 2.04. The molecule has 0 radical (unpaired) electrons. The molecule has 0 amide bonds. The molecular weight excluding hydrogens is 330 g/mol. The molecule has 0 unspecified atom stereocenters. The van der Waals surface area contributed by atoms with Gasteiger partial charge in [-0.15, -0.1) is 0 Å². The zero-order valence-electron chi connectivity index (χ0n) is 4.64. The predicted molar refractivity (Wildman–Crippen MR) is 33.7 cm³/mol. The summed E-state index contributed by atoms with van der Waals surface area (Å²) >= 11 is -0.472. The van der Waals surface area contributed by atoms with E-state index in [9.17, 15) is 0 Å². The second-order valence-electron chi connectivity index (χ2n) is 1.12. The Morgan fingerprint density at radius 3 is 1.88 bits per heavy atom. The molecule has 0 aliphatic heterocycles. The fraction of sp³-hybridized carbons (Fsp3) is 1.00. The summed E-state index contributed by atoms with van der Waals surface area (Å²) in [5.41, 5.74) is 0. The van der Waals surface area contributed by atoms with Crippen LogP contribution in [0.3, 0.4) is 0 Å². The molecule has 0 aliphatic carbocycles. The van der Waals surface area contributed by atoms with Crippen molar-refractivity contribution in [1.29, 1.82) is 0 Å². The molecule has 0 heterocycles. The maximum atomic E-state index is 8.07. The van der Waals surface area contributed by atoms with Crippen molar-refractivity contribution in [3.8, 4) is 0 Å². The maximum absolute atomic E-state index is 8.07. The van der Waals surface area contributed by atoms with Crippen molar-refractivity contribution in [2.75, 3.05) is 6.61 Å². The molecule has 56 valence electrons. The Balaban J connectivity index is 0. The van der Waals surface area contributed by atoms with Crippen molar-refractivity contribution in [3.05, 3.63) is 0 Å². The summed E-state index contributed by atoms with van der Waals surface area (Å²) in [5, 5.41) is 8.07. The molecule has 0 fully saturated rings. The van der Waals surface area contributed by atoms with Crippen LogP contribution in [0, 0.1) is 0 Å². The van der Waals surface area contributed by atoms with Crippen molar-refractivity contribution in [3.63, 3.8) is 0 Å². The summed E-state index contributed by atoms with van der Waals surface area (Å²) in [6.45, 7) is 2.40. The number of hydrogen-bond donors (Lipinski definition) is 1. The Labute approximate surface area is 66.8 Å². The van der Waals surface area contributed by atoms with Crippen LogP contribution in [0.25, 0.3) is 0 Å². The third-order valence-electron chi connectivity index (χ3n) is 0.512. The summed E-state index contributed by atoms with van der Waals surface area (Å²) in [4.78, 5) is 0. The monoisotopic (exact) mass is 339 g/mol. The molecule has 0 aliphatic rings. The van der Waals surface area contributed by atoms with E-state index in [-0.39, 0.29) is 0 Å². The number of rotatable bonds is 2. The van der Waals surface area contributed by atoms with Crippen LogP contribution >= 0.6 is 18.8 Å². The summed E-state index contributed by atoms with van der Waals surface area (Å²) < 4.78 is 0. The average molecular weight is 340 g/mol. The van der Waals surface area contributed by atoms with Crippen LogP contribution in [0.1, 0.15) is 19.8 Å². The Hall–Kier alpha value is 1.23. The van der Waals surface area contributed by atoms with Gasteiger partial charge < -0.3 is 5.11 Å². The van der Waals surface area contributed by atoms with Crippen molar-refractivity contribution < 1.29 is 21.6 Å². The Bertz CT molecular complexity index is 28.0. The van der Waals surface area contributed by atoms with Gasteiger partial charge in [0, 0.05) is 6.61 Å². The molecule has 0 bridgehead atoms. The zero-order valence-corrected chi connectivity index (χ0v) is 8.42. The SMILES string of the molecule is CCCCO.[Cl][Pt][Cl]. The van der Waals surface area contributed by atoms with Crippen molar-refractivity contribution in [2.24, 2.45) is 0 Å². The summed E-state index contributed by atoms with van der Waals surface area (Å²) in [7, 11) is 9.75. The molecule has 0 saturated heterocycles. The Morgan fingerprint density at radius 2 is 1.88 bits per heavy atom. The van der Waals surface area contributed by atoms with Crippen LogP contribution < -0.4 is 0 Å². The topological polar surface area (TPSA) is 20.2 Å². The van der Waals surface area contributed by atoms with Gasteiger partial charge in [-0.3, -0.25) is 0 Å². The van der Waals surface area contributed by atoms with Crippen LogP contribution in [0.4, 0.5) is 0 Å². The first-order chi connectivity index (χ1) is 3.83. The molecule has 8 heavy (non-hydrogen) atoms. The molecule has 1 N–H and O–H groups in total. The van der Waals surface area contributed by atoms with Crippen LogP contribution in [0.2, 0.25) is 0 Å². The van der Waals surface area contributed by atoms with Crippen LogP contribution in [0.5, 0.6) is 0 Å². The Kier molecular flexibility index (Phi) is 23.5. The standard InChI is InChI=1S/C4H10O.2ClH.Pt/c1-2-3-4-5;;;/h5H,2-4H2,1H3;2*1H;/q;;;+2/p-2. The van der Waals surface area contributed by atoms with Gasteiger partial charge >= 0.3 is 35.3 Å². The number of unbranched alkanes of at least 4 members (excludes halogenated alkanes) is 1. The molecule has 0 spiro atoms. The van der Waals surface area contributed by atoms with Crippen molar-refractivity contribution in [1.82, 2.24) is 0 Å². The summed E-state index contributed by atoms with van der Waals surface area (Å²) in [5.74, 6) is 0. The first kappa shape index (κ1) is 12.0. The van der Waals surface area contributed by atoms with Gasteiger partial charge in [-0.25, -0.2) is 0 Å². The van der Waals surface area contributed by atoms with E-state index in [4.69, 9.17) is 23.9 Å². The van der Waals surface area contributed by atoms with E-state index in [0.29, 0.717) is 6.61 Å². The van der Waals surface area contributed by atoms with Gasteiger partial charge in [0.1, 0.15) is 0 Å². The van der Waals surface area contributed by atoms with E-state index >= 15 is 0 Å². The van der Waals surface area contributed by atoms with E-state index in [1.807, 2.05) is 0 Å². The van der Waals surface area contributed by atoms with Gasteiger partial charge in [-0.1, -0.05) is 13.3 Å². The van der Waals surface area contributed by atoms with E-state index in [0.717, 1.165) is 12.8 Å². The number of aliphatic hydroxyl groups is 1.